The summed E-state index contributed by atoms with van der Waals surface area (Å²) in [6, 6.07) is 8.22. The van der Waals surface area contributed by atoms with Crippen LogP contribution < -0.4 is 5.32 Å². The summed E-state index contributed by atoms with van der Waals surface area (Å²) in [6.45, 7) is 2.85. The molecule has 0 saturated heterocycles. The van der Waals surface area contributed by atoms with Crippen molar-refractivity contribution in [2.75, 3.05) is 6.54 Å². The predicted molar refractivity (Wildman–Crippen MR) is 80.0 cm³/mol. The molecule has 1 aromatic carbocycles. The fraction of sp³-hybridized carbons (Fsp3) is 0.250. The van der Waals surface area contributed by atoms with Crippen LogP contribution in [0.4, 0.5) is 4.39 Å². The molecule has 3 rings (SSSR count). The summed E-state index contributed by atoms with van der Waals surface area (Å²) in [7, 11) is 0. The van der Waals surface area contributed by atoms with E-state index in [1.165, 1.54) is 12.3 Å². The van der Waals surface area contributed by atoms with E-state index in [4.69, 9.17) is 20.4 Å². The van der Waals surface area contributed by atoms with Crippen molar-refractivity contribution in [3.63, 3.8) is 0 Å². The second kappa shape index (κ2) is 5.92. The molecule has 0 bridgehead atoms. The molecule has 0 amide bonds. The second-order valence-electron chi connectivity index (χ2n) is 4.84. The Balaban J connectivity index is 2.05. The number of furan rings is 2. The molecule has 0 aliphatic heterocycles. The first-order valence-electron chi connectivity index (χ1n) is 6.85. The number of nitrogens with one attached hydrogen (secondary N) is 1. The summed E-state index contributed by atoms with van der Waals surface area (Å²) in [5, 5.41) is 4.39. The minimum Gasteiger partial charge on any atom is -0.456 e. The Labute approximate surface area is 126 Å². The summed E-state index contributed by atoms with van der Waals surface area (Å²) < 4.78 is 24.6. The molecule has 1 N–H and O–H groups in total. The van der Waals surface area contributed by atoms with Gasteiger partial charge in [-0.1, -0.05) is 19.1 Å². The highest BCUT2D eigenvalue weighted by molar-refractivity contribution is 6.29. The van der Waals surface area contributed by atoms with Crippen LogP contribution in [-0.4, -0.2) is 6.54 Å². The molecule has 1 atom stereocenters. The van der Waals surface area contributed by atoms with E-state index in [0.29, 0.717) is 11.0 Å². The van der Waals surface area contributed by atoms with Crippen LogP contribution in [0.25, 0.3) is 11.0 Å². The van der Waals surface area contributed by atoms with Crippen LogP contribution in [0.3, 0.4) is 0 Å². The lowest BCUT2D eigenvalue weighted by atomic mass is 10.1. The Bertz CT molecular complexity index is 750. The van der Waals surface area contributed by atoms with Crippen LogP contribution in [0, 0.1) is 5.82 Å². The highest BCUT2D eigenvalue weighted by Gasteiger charge is 2.22. The number of hydrogen-bond acceptors (Lipinski definition) is 3. The lowest BCUT2D eigenvalue weighted by Gasteiger charge is -2.14. The molecule has 2 aromatic heterocycles. The lowest BCUT2D eigenvalue weighted by Crippen LogP contribution is -2.22. The standard InChI is InChI=1S/C16H15ClFNO2/c1-2-7-19-14(11-6-8-20-16(11)17)13-9-10-4-3-5-12(18)15(10)21-13/h3-6,8-9,14,19H,2,7H2,1H3. The third-order valence-corrected chi connectivity index (χ3v) is 3.66. The normalized spacial score (nSPS) is 12.9. The molecule has 1 unspecified atom stereocenters. The fourth-order valence-corrected chi connectivity index (χ4v) is 2.58. The Morgan fingerprint density at radius 3 is 2.86 bits per heavy atom. The molecule has 5 heteroatoms. The number of rotatable bonds is 5. The first kappa shape index (κ1) is 14.2. The molecule has 0 fully saturated rings. The monoisotopic (exact) mass is 307 g/mol. The third kappa shape index (κ3) is 2.69. The maximum absolute atomic E-state index is 13.8. The van der Waals surface area contributed by atoms with Gasteiger partial charge in [-0.05, 0) is 42.8 Å². The van der Waals surface area contributed by atoms with Crippen molar-refractivity contribution >= 4 is 22.6 Å². The van der Waals surface area contributed by atoms with Gasteiger partial charge in [0.2, 0.25) is 0 Å². The van der Waals surface area contributed by atoms with E-state index in [1.807, 2.05) is 12.1 Å². The molecule has 0 spiro atoms. The molecule has 2 heterocycles. The van der Waals surface area contributed by atoms with E-state index in [-0.39, 0.29) is 17.4 Å². The van der Waals surface area contributed by atoms with Gasteiger partial charge in [-0.15, -0.1) is 0 Å². The summed E-state index contributed by atoms with van der Waals surface area (Å²) in [6.07, 6.45) is 2.49. The zero-order valence-corrected chi connectivity index (χ0v) is 12.3. The topological polar surface area (TPSA) is 38.3 Å². The molecule has 3 aromatic rings. The molecule has 0 aliphatic rings. The van der Waals surface area contributed by atoms with Gasteiger partial charge < -0.3 is 14.2 Å². The van der Waals surface area contributed by atoms with Gasteiger partial charge in [0.15, 0.2) is 16.6 Å². The number of para-hydroxylation sites is 1. The Morgan fingerprint density at radius 2 is 2.19 bits per heavy atom. The first-order valence-corrected chi connectivity index (χ1v) is 7.22. The zero-order chi connectivity index (χ0) is 14.8. The largest absolute Gasteiger partial charge is 0.456 e. The van der Waals surface area contributed by atoms with Gasteiger partial charge in [0.1, 0.15) is 5.76 Å². The van der Waals surface area contributed by atoms with E-state index in [0.717, 1.165) is 23.9 Å². The minimum atomic E-state index is -0.369. The van der Waals surface area contributed by atoms with Gasteiger partial charge in [-0.3, -0.25) is 0 Å². The van der Waals surface area contributed by atoms with Crippen LogP contribution in [0.1, 0.15) is 30.7 Å². The zero-order valence-electron chi connectivity index (χ0n) is 11.5. The predicted octanol–water partition coefficient (Wildman–Crippen LogP) is 4.91. The van der Waals surface area contributed by atoms with Gasteiger partial charge in [-0.2, -0.15) is 0 Å². The summed E-state index contributed by atoms with van der Waals surface area (Å²) in [5.74, 6) is 0.248. The molecule has 0 aliphatic carbocycles. The van der Waals surface area contributed by atoms with E-state index >= 15 is 0 Å². The number of halogens is 2. The quantitative estimate of drug-likeness (QED) is 0.728. The van der Waals surface area contributed by atoms with Gasteiger partial charge in [-0.25, -0.2) is 4.39 Å². The van der Waals surface area contributed by atoms with Crippen molar-refractivity contribution in [1.29, 1.82) is 0 Å². The Morgan fingerprint density at radius 1 is 1.33 bits per heavy atom. The SMILES string of the molecule is CCCNC(c1cc2cccc(F)c2o1)c1ccoc1Cl. The van der Waals surface area contributed by atoms with E-state index in [1.54, 1.807) is 12.1 Å². The number of fused-ring (bicyclic) bond motifs is 1. The molecular weight excluding hydrogens is 293 g/mol. The maximum atomic E-state index is 13.8. The summed E-state index contributed by atoms with van der Waals surface area (Å²) >= 11 is 6.07. The van der Waals surface area contributed by atoms with Crippen molar-refractivity contribution in [3.8, 4) is 0 Å². The van der Waals surface area contributed by atoms with Gasteiger partial charge >= 0.3 is 0 Å². The fourth-order valence-electron chi connectivity index (χ4n) is 2.35. The maximum Gasteiger partial charge on any atom is 0.198 e. The highest BCUT2D eigenvalue weighted by atomic mass is 35.5. The van der Waals surface area contributed by atoms with E-state index in [9.17, 15) is 4.39 Å². The Kier molecular flexibility index (Phi) is 3.99. The number of benzene rings is 1. The third-order valence-electron chi connectivity index (χ3n) is 3.36. The Hall–Kier alpha value is -1.78. The number of hydrogen-bond donors (Lipinski definition) is 1. The second-order valence-corrected chi connectivity index (χ2v) is 5.19. The molecular formula is C16H15ClFNO2. The van der Waals surface area contributed by atoms with Gasteiger partial charge in [0, 0.05) is 10.9 Å². The van der Waals surface area contributed by atoms with Crippen molar-refractivity contribution in [2.45, 2.75) is 19.4 Å². The van der Waals surface area contributed by atoms with E-state index in [2.05, 4.69) is 12.2 Å². The first-order chi connectivity index (χ1) is 10.2. The van der Waals surface area contributed by atoms with Gasteiger partial charge in [0.25, 0.3) is 0 Å². The highest BCUT2D eigenvalue weighted by Crippen LogP contribution is 2.33. The van der Waals surface area contributed by atoms with Crippen molar-refractivity contribution < 1.29 is 13.2 Å². The average molecular weight is 308 g/mol. The van der Waals surface area contributed by atoms with Crippen molar-refractivity contribution in [3.05, 3.63) is 59.0 Å². The van der Waals surface area contributed by atoms with Crippen molar-refractivity contribution in [1.82, 2.24) is 5.32 Å². The van der Waals surface area contributed by atoms with E-state index < -0.39 is 0 Å². The molecule has 0 radical (unpaired) electrons. The molecule has 3 nitrogen and oxygen atoms in total. The van der Waals surface area contributed by atoms with Crippen LogP contribution >= 0.6 is 11.6 Å². The van der Waals surface area contributed by atoms with Crippen LogP contribution in [-0.2, 0) is 0 Å². The van der Waals surface area contributed by atoms with Crippen LogP contribution in [0.15, 0.2) is 45.4 Å². The van der Waals surface area contributed by atoms with Crippen LogP contribution in [0.5, 0.6) is 0 Å². The van der Waals surface area contributed by atoms with Crippen molar-refractivity contribution in [2.24, 2.45) is 0 Å². The molecule has 110 valence electrons. The lowest BCUT2D eigenvalue weighted by molar-refractivity contribution is 0.455. The van der Waals surface area contributed by atoms with Crippen LogP contribution in [0.2, 0.25) is 5.22 Å². The average Bonchev–Trinajstić information content (AvgIpc) is 3.07. The summed E-state index contributed by atoms with van der Waals surface area (Å²) in [5.41, 5.74) is 1.04. The van der Waals surface area contributed by atoms with Gasteiger partial charge in [0.05, 0.1) is 12.3 Å². The molecule has 21 heavy (non-hydrogen) atoms. The smallest absolute Gasteiger partial charge is 0.198 e. The summed E-state index contributed by atoms with van der Waals surface area (Å²) in [4.78, 5) is 0. The minimum absolute atomic E-state index is 0.260. The molecule has 0 saturated carbocycles.